The van der Waals surface area contributed by atoms with Crippen LogP contribution in [-0.4, -0.2) is 40.6 Å². The summed E-state index contributed by atoms with van der Waals surface area (Å²) in [5.41, 5.74) is 4.84. The van der Waals surface area contributed by atoms with Crippen LogP contribution in [-0.2, 0) is 9.59 Å². The summed E-state index contributed by atoms with van der Waals surface area (Å²) < 4.78 is 0. The van der Waals surface area contributed by atoms with Crippen LogP contribution in [0.5, 0.6) is 0 Å². The van der Waals surface area contributed by atoms with Gasteiger partial charge in [0, 0.05) is 0 Å². The second kappa shape index (κ2) is 7.55. The number of carbonyl (C=O) groups is 2. The minimum Gasteiger partial charge on any atom is -0.480 e. The Bertz CT molecular complexity index is 269. The second-order valence-corrected chi connectivity index (χ2v) is 5.30. The highest BCUT2D eigenvalue weighted by Crippen LogP contribution is 2.10. The van der Waals surface area contributed by atoms with Crippen LogP contribution in [0.4, 0.5) is 0 Å². The van der Waals surface area contributed by atoms with Crippen LogP contribution in [0, 0.1) is 0 Å². The maximum Gasteiger partial charge on any atom is 0.326 e. The van der Waals surface area contributed by atoms with Crippen molar-refractivity contribution in [1.82, 2.24) is 5.32 Å². The quantitative estimate of drug-likeness (QED) is 0.602. The topological polar surface area (TPSA) is 92.4 Å². The molecule has 0 spiro atoms. The molecule has 0 bridgehead atoms. The first-order valence-corrected chi connectivity index (χ1v) is 7.06. The van der Waals surface area contributed by atoms with Crippen molar-refractivity contribution in [2.24, 2.45) is 5.73 Å². The van der Waals surface area contributed by atoms with E-state index in [0.29, 0.717) is 18.6 Å². The van der Waals surface area contributed by atoms with E-state index in [1.54, 1.807) is 18.7 Å². The molecule has 0 aromatic carbocycles. The average molecular weight is 262 g/mol. The summed E-state index contributed by atoms with van der Waals surface area (Å²) in [5, 5.41) is 11.5. The van der Waals surface area contributed by atoms with Gasteiger partial charge in [-0.05, 0) is 31.8 Å². The molecule has 0 saturated heterocycles. The molecule has 6 heteroatoms. The number of aliphatic carboxylic acids is 1. The summed E-state index contributed by atoms with van der Waals surface area (Å²) in [5.74, 6) is -0.723. The largest absolute Gasteiger partial charge is 0.480 e. The number of amides is 1. The highest BCUT2D eigenvalue weighted by Gasteiger charge is 2.30. The summed E-state index contributed by atoms with van der Waals surface area (Å²) >= 11 is 1.55. The third kappa shape index (κ3) is 5.93. The van der Waals surface area contributed by atoms with Gasteiger partial charge in [-0.15, -0.1) is 0 Å². The Morgan fingerprint density at radius 2 is 2.12 bits per heavy atom. The lowest BCUT2D eigenvalue weighted by Crippen LogP contribution is -2.55. The number of thioether (sulfide) groups is 1. The van der Waals surface area contributed by atoms with Crippen LogP contribution < -0.4 is 11.1 Å². The summed E-state index contributed by atoms with van der Waals surface area (Å²) in [6.07, 6.45) is 3.62. The van der Waals surface area contributed by atoms with E-state index in [4.69, 9.17) is 10.8 Å². The number of rotatable bonds is 8. The minimum absolute atomic E-state index is 0.396. The normalized spacial score (nSPS) is 16.0. The van der Waals surface area contributed by atoms with Crippen molar-refractivity contribution in [3.05, 3.63) is 0 Å². The van der Waals surface area contributed by atoms with Crippen LogP contribution in [0.2, 0.25) is 0 Å². The molecule has 5 nitrogen and oxygen atoms in total. The monoisotopic (exact) mass is 262 g/mol. The van der Waals surface area contributed by atoms with Gasteiger partial charge in [0.25, 0.3) is 0 Å². The van der Waals surface area contributed by atoms with Crippen molar-refractivity contribution in [1.29, 1.82) is 0 Å². The predicted molar refractivity (Wildman–Crippen MR) is 70.1 cm³/mol. The van der Waals surface area contributed by atoms with Gasteiger partial charge in [0.1, 0.15) is 6.04 Å². The van der Waals surface area contributed by atoms with E-state index >= 15 is 0 Å². The highest BCUT2D eigenvalue weighted by atomic mass is 32.2. The molecule has 17 heavy (non-hydrogen) atoms. The van der Waals surface area contributed by atoms with Gasteiger partial charge in [0.15, 0.2) is 0 Å². The standard InChI is InChI=1S/C11H22N2O3S/c1-4-6-11(2,12)10(16)13-8(9(14)15)5-7-17-3/h8H,4-7,12H2,1-3H3,(H,13,16)(H,14,15)/t8-,11?/m0/s1. The van der Waals surface area contributed by atoms with Crippen molar-refractivity contribution < 1.29 is 14.7 Å². The molecule has 0 aromatic rings. The summed E-state index contributed by atoms with van der Waals surface area (Å²) in [7, 11) is 0. The molecule has 2 atom stereocenters. The molecule has 0 aliphatic heterocycles. The lowest BCUT2D eigenvalue weighted by Gasteiger charge is -2.25. The third-order valence-electron chi connectivity index (χ3n) is 2.50. The van der Waals surface area contributed by atoms with Crippen molar-refractivity contribution in [3.63, 3.8) is 0 Å². The molecule has 0 aromatic heterocycles. The van der Waals surface area contributed by atoms with E-state index in [-0.39, 0.29) is 0 Å². The van der Waals surface area contributed by atoms with Gasteiger partial charge in [0.2, 0.25) is 5.91 Å². The third-order valence-corrected chi connectivity index (χ3v) is 3.15. The first kappa shape index (κ1) is 16.2. The smallest absolute Gasteiger partial charge is 0.326 e. The Morgan fingerprint density at radius 1 is 1.53 bits per heavy atom. The molecule has 0 aliphatic carbocycles. The van der Waals surface area contributed by atoms with Crippen LogP contribution in [0.25, 0.3) is 0 Å². The van der Waals surface area contributed by atoms with E-state index in [9.17, 15) is 9.59 Å². The molecule has 4 N–H and O–H groups in total. The van der Waals surface area contributed by atoms with E-state index < -0.39 is 23.5 Å². The first-order valence-electron chi connectivity index (χ1n) is 5.66. The molecular weight excluding hydrogens is 240 g/mol. The molecule has 100 valence electrons. The number of hydrogen-bond acceptors (Lipinski definition) is 4. The lowest BCUT2D eigenvalue weighted by molar-refractivity contribution is -0.142. The number of carbonyl (C=O) groups excluding carboxylic acids is 1. The molecule has 0 radical (unpaired) electrons. The van der Waals surface area contributed by atoms with Gasteiger partial charge in [-0.1, -0.05) is 13.3 Å². The minimum atomic E-state index is -1.01. The molecule has 0 saturated carbocycles. The fourth-order valence-corrected chi connectivity index (χ4v) is 1.92. The maximum absolute atomic E-state index is 11.8. The zero-order valence-electron chi connectivity index (χ0n) is 10.7. The van der Waals surface area contributed by atoms with Crippen molar-refractivity contribution >= 4 is 23.6 Å². The molecule has 1 amide bonds. The van der Waals surface area contributed by atoms with E-state index in [1.807, 2.05) is 13.2 Å². The molecule has 0 rings (SSSR count). The van der Waals surface area contributed by atoms with E-state index in [2.05, 4.69) is 5.32 Å². The fraction of sp³-hybridized carbons (Fsp3) is 0.818. The van der Waals surface area contributed by atoms with Crippen molar-refractivity contribution in [2.45, 2.75) is 44.7 Å². The summed E-state index contributed by atoms with van der Waals surface area (Å²) in [6, 6.07) is -0.852. The van der Waals surface area contributed by atoms with Gasteiger partial charge < -0.3 is 16.2 Å². The van der Waals surface area contributed by atoms with E-state index in [0.717, 1.165) is 6.42 Å². The average Bonchev–Trinajstić information content (AvgIpc) is 2.23. The predicted octanol–water partition coefficient (Wildman–Crippen LogP) is 0.826. The zero-order chi connectivity index (χ0) is 13.5. The Kier molecular flexibility index (Phi) is 7.22. The number of hydrogen-bond donors (Lipinski definition) is 3. The van der Waals surface area contributed by atoms with Gasteiger partial charge in [-0.3, -0.25) is 4.79 Å². The van der Waals surface area contributed by atoms with Gasteiger partial charge in [-0.25, -0.2) is 4.79 Å². The Balaban J connectivity index is 4.44. The number of nitrogens with two attached hydrogens (primary N) is 1. The Morgan fingerprint density at radius 3 is 2.53 bits per heavy atom. The van der Waals surface area contributed by atoms with Crippen molar-refractivity contribution in [3.8, 4) is 0 Å². The molecule has 0 aliphatic rings. The number of carboxylic acid groups (broad SMARTS) is 1. The summed E-state index contributed by atoms with van der Waals surface area (Å²) in [4.78, 5) is 22.8. The number of nitrogens with one attached hydrogen (secondary N) is 1. The molecular formula is C11H22N2O3S. The molecule has 1 unspecified atom stereocenters. The van der Waals surface area contributed by atoms with E-state index in [1.165, 1.54) is 0 Å². The SMILES string of the molecule is CCCC(C)(N)C(=O)N[C@@H](CCSC)C(=O)O. The number of carboxylic acids is 1. The maximum atomic E-state index is 11.8. The van der Waals surface area contributed by atoms with Crippen LogP contribution in [0.1, 0.15) is 33.1 Å². The lowest BCUT2D eigenvalue weighted by atomic mass is 9.96. The second-order valence-electron chi connectivity index (χ2n) is 4.31. The van der Waals surface area contributed by atoms with Gasteiger partial charge in [-0.2, -0.15) is 11.8 Å². The van der Waals surface area contributed by atoms with Crippen LogP contribution in [0.3, 0.4) is 0 Å². The Hall–Kier alpha value is -0.750. The van der Waals surface area contributed by atoms with Crippen molar-refractivity contribution in [2.75, 3.05) is 12.0 Å². The first-order chi connectivity index (χ1) is 7.85. The zero-order valence-corrected chi connectivity index (χ0v) is 11.5. The van der Waals surface area contributed by atoms with Crippen LogP contribution in [0.15, 0.2) is 0 Å². The molecule has 0 heterocycles. The fourth-order valence-electron chi connectivity index (χ4n) is 1.45. The van der Waals surface area contributed by atoms with Crippen LogP contribution >= 0.6 is 11.8 Å². The molecule has 0 fully saturated rings. The Labute approximate surface area is 107 Å². The summed E-state index contributed by atoms with van der Waals surface area (Å²) in [6.45, 7) is 3.56. The van der Waals surface area contributed by atoms with Gasteiger partial charge >= 0.3 is 5.97 Å². The van der Waals surface area contributed by atoms with Gasteiger partial charge in [0.05, 0.1) is 5.54 Å². The highest BCUT2D eigenvalue weighted by molar-refractivity contribution is 7.98.